The lowest BCUT2D eigenvalue weighted by atomic mass is 9.77. The monoisotopic (exact) mass is 423 g/mol. The quantitative estimate of drug-likeness (QED) is 0.758. The number of rotatable bonds is 4. The smallest absolute Gasteiger partial charge is 0.339 e. The van der Waals surface area contributed by atoms with Crippen molar-refractivity contribution in [1.82, 2.24) is 19.7 Å². The van der Waals surface area contributed by atoms with E-state index in [1.807, 2.05) is 0 Å². The lowest BCUT2D eigenvalue weighted by molar-refractivity contribution is -0.158. The van der Waals surface area contributed by atoms with E-state index in [9.17, 15) is 27.6 Å². The van der Waals surface area contributed by atoms with Crippen LogP contribution in [0.2, 0.25) is 0 Å². The van der Waals surface area contributed by atoms with Gasteiger partial charge >= 0.3 is 6.18 Å². The summed E-state index contributed by atoms with van der Waals surface area (Å²) in [5.74, 6) is -2.41. The van der Waals surface area contributed by atoms with Crippen molar-refractivity contribution in [1.29, 1.82) is 5.26 Å². The highest BCUT2D eigenvalue weighted by Crippen LogP contribution is 2.41. The Kier molecular flexibility index (Phi) is 5.16. The van der Waals surface area contributed by atoms with Crippen molar-refractivity contribution in [3.63, 3.8) is 0 Å². The van der Waals surface area contributed by atoms with Crippen LogP contribution in [0, 0.1) is 30.1 Å². The van der Waals surface area contributed by atoms with Gasteiger partial charge in [-0.25, -0.2) is 14.4 Å². The highest BCUT2D eigenvalue weighted by Gasteiger charge is 2.50. The number of nitriles is 1. The van der Waals surface area contributed by atoms with Crippen molar-refractivity contribution in [3.8, 4) is 6.07 Å². The second-order valence-corrected chi connectivity index (χ2v) is 8.19. The van der Waals surface area contributed by atoms with Crippen LogP contribution in [0.15, 0.2) is 12.4 Å². The Labute approximate surface area is 170 Å². The average Bonchev–Trinajstić information content (AvgIpc) is 3.42. The fourth-order valence-electron chi connectivity index (χ4n) is 4.20. The first-order valence-electron chi connectivity index (χ1n) is 9.95. The maximum atomic E-state index is 14.0. The molecule has 10 heteroatoms. The van der Waals surface area contributed by atoms with Gasteiger partial charge in [-0.2, -0.15) is 18.4 Å². The number of imidazole rings is 1. The number of hydrogen-bond acceptors (Lipinski definition) is 4. The third-order valence-corrected chi connectivity index (χ3v) is 5.99. The second kappa shape index (κ2) is 7.52. The normalized spacial score (nSPS) is 25.7. The van der Waals surface area contributed by atoms with E-state index in [0.29, 0.717) is 37.1 Å². The van der Waals surface area contributed by atoms with Gasteiger partial charge in [-0.05, 0) is 51.0 Å². The summed E-state index contributed by atoms with van der Waals surface area (Å²) in [4.78, 5) is 21.1. The van der Waals surface area contributed by atoms with Gasteiger partial charge in [0.25, 0.3) is 5.91 Å². The second-order valence-electron chi connectivity index (χ2n) is 8.19. The summed E-state index contributed by atoms with van der Waals surface area (Å²) in [5.41, 5.74) is 1.000. The van der Waals surface area contributed by atoms with E-state index in [-0.39, 0.29) is 17.8 Å². The van der Waals surface area contributed by atoms with Crippen molar-refractivity contribution < 1.29 is 22.4 Å². The van der Waals surface area contributed by atoms with E-state index in [2.05, 4.69) is 21.4 Å². The molecule has 2 aromatic rings. The Morgan fingerprint density at radius 3 is 2.70 bits per heavy atom. The van der Waals surface area contributed by atoms with E-state index in [4.69, 9.17) is 0 Å². The molecule has 2 fully saturated rings. The van der Waals surface area contributed by atoms with Gasteiger partial charge in [0.1, 0.15) is 18.5 Å². The van der Waals surface area contributed by atoms with Crippen molar-refractivity contribution in [2.75, 3.05) is 0 Å². The molecule has 0 bridgehead atoms. The minimum atomic E-state index is -4.54. The van der Waals surface area contributed by atoms with Gasteiger partial charge in [-0.3, -0.25) is 9.20 Å². The summed E-state index contributed by atoms with van der Waals surface area (Å²) in [5, 5.41) is 11.5. The van der Waals surface area contributed by atoms with E-state index in [1.54, 1.807) is 13.0 Å². The van der Waals surface area contributed by atoms with Crippen LogP contribution in [0.25, 0.3) is 5.65 Å². The molecule has 30 heavy (non-hydrogen) atoms. The lowest BCUT2D eigenvalue weighted by Gasteiger charge is -2.28. The van der Waals surface area contributed by atoms with Crippen molar-refractivity contribution >= 4 is 11.6 Å². The molecule has 2 aliphatic carbocycles. The topological polar surface area (TPSA) is 83.1 Å². The van der Waals surface area contributed by atoms with Crippen molar-refractivity contribution in [3.05, 3.63) is 29.5 Å². The van der Waals surface area contributed by atoms with Gasteiger partial charge in [-0.1, -0.05) is 0 Å². The highest BCUT2D eigenvalue weighted by atomic mass is 19.4. The van der Waals surface area contributed by atoms with E-state index in [0.717, 1.165) is 0 Å². The Hall–Kier alpha value is -2.70. The summed E-state index contributed by atoms with van der Waals surface area (Å²) < 4.78 is 55.4. The van der Waals surface area contributed by atoms with E-state index < -0.39 is 42.1 Å². The third kappa shape index (κ3) is 3.85. The number of alkyl halides is 4. The SMILES string of the molecule is Cc1cc(C2CC(F)CCC2C#N)nc2c(C(=O)NC(C3CC3)C(F)(F)F)ncn12. The van der Waals surface area contributed by atoms with Crippen LogP contribution in [0.1, 0.15) is 59.9 Å². The maximum absolute atomic E-state index is 14.0. The zero-order valence-corrected chi connectivity index (χ0v) is 16.3. The average molecular weight is 423 g/mol. The molecular weight excluding hydrogens is 402 g/mol. The molecule has 4 unspecified atom stereocenters. The van der Waals surface area contributed by atoms with Crippen LogP contribution in [-0.2, 0) is 0 Å². The first kappa shape index (κ1) is 20.6. The number of halogens is 4. The summed E-state index contributed by atoms with van der Waals surface area (Å²) >= 11 is 0. The molecule has 1 N–H and O–H groups in total. The van der Waals surface area contributed by atoms with Crippen LogP contribution in [-0.4, -0.2) is 38.7 Å². The molecular formula is C20H21F4N5O. The van der Waals surface area contributed by atoms with Crippen LogP contribution in [0.4, 0.5) is 17.6 Å². The van der Waals surface area contributed by atoms with E-state index in [1.165, 1.54) is 10.7 Å². The van der Waals surface area contributed by atoms with Gasteiger partial charge in [-0.15, -0.1) is 0 Å². The van der Waals surface area contributed by atoms with Gasteiger partial charge in [0.2, 0.25) is 0 Å². The molecule has 0 saturated heterocycles. The fourth-order valence-corrected chi connectivity index (χ4v) is 4.20. The highest BCUT2D eigenvalue weighted by molar-refractivity contribution is 5.98. The molecule has 4 atom stereocenters. The lowest BCUT2D eigenvalue weighted by Crippen LogP contribution is -2.47. The number of nitrogens with zero attached hydrogens (tertiary/aromatic N) is 4. The van der Waals surface area contributed by atoms with Crippen molar-refractivity contribution in [2.24, 2.45) is 11.8 Å². The molecule has 2 aromatic heterocycles. The first-order valence-corrected chi connectivity index (χ1v) is 9.95. The zero-order valence-electron chi connectivity index (χ0n) is 16.3. The van der Waals surface area contributed by atoms with Gasteiger partial charge < -0.3 is 5.32 Å². The van der Waals surface area contributed by atoms with Crippen LogP contribution >= 0.6 is 0 Å². The number of aromatic nitrogens is 3. The standard InChI is InChI=1S/C20H21F4N5O/c1-10-6-15(14-7-13(21)5-4-12(14)8-25)27-18-16(26-9-29(10)18)19(30)28-17(11-2-3-11)20(22,23)24/h6,9,11-14,17H,2-5,7H2,1H3,(H,28,30). The molecule has 2 aliphatic rings. The summed E-state index contributed by atoms with van der Waals surface area (Å²) in [6.45, 7) is 1.74. The number of amides is 1. The molecule has 0 aliphatic heterocycles. The minimum absolute atomic E-state index is 0.108. The van der Waals surface area contributed by atoms with E-state index >= 15 is 0 Å². The van der Waals surface area contributed by atoms with Crippen LogP contribution in [0.5, 0.6) is 0 Å². The molecule has 2 saturated carbocycles. The van der Waals surface area contributed by atoms with Gasteiger partial charge in [0.05, 0.1) is 12.0 Å². The minimum Gasteiger partial charge on any atom is -0.339 e. The maximum Gasteiger partial charge on any atom is 0.408 e. The number of carbonyl (C=O) groups is 1. The van der Waals surface area contributed by atoms with Gasteiger partial charge in [0.15, 0.2) is 11.3 Å². The van der Waals surface area contributed by atoms with Crippen LogP contribution < -0.4 is 5.32 Å². The molecule has 6 nitrogen and oxygen atoms in total. The molecule has 2 heterocycles. The Bertz CT molecular complexity index is 1010. The Morgan fingerprint density at radius 1 is 1.33 bits per heavy atom. The number of aryl methyl sites for hydroxylation is 1. The molecule has 160 valence electrons. The largest absolute Gasteiger partial charge is 0.408 e. The predicted octanol–water partition coefficient (Wildman–Crippen LogP) is 3.85. The molecule has 4 rings (SSSR count). The Balaban J connectivity index is 1.68. The number of carbonyl (C=O) groups excluding carboxylic acids is 1. The summed E-state index contributed by atoms with van der Waals surface area (Å²) in [7, 11) is 0. The Morgan fingerprint density at radius 2 is 2.07 bits per heavy atom. The molecule has 0 radical (unpaired) electrons. The predicted molar refractivity (Wildman–Crippen MR) is 98.3 cm³/mol. The first-order chi connectivity index (χ1) is 14.2. The molecule has 0 spiro atoms. The summed E-state index contributed by atoms with van der Waals surface area (Å²) in [6.07, 6.45) is -2.55. The number of nitrogens with one attached hydrogen (secondary N) is 1. The van der Waals surface area contributed by atoms with Crippen LogP contribution in [0.3, 0.4) is 0 Å². The number of hydrogen-bond donors (Lipinski definition) is 1. The zero-order chi connectivity index (χ0) is 21.6. The molecule has 1 amide bonds. The number of fused-ring (bicyclic) bond motifs is 1. The fraction of sp³-hybridized carbons (Fsp3) is 0.600. The van der Waals surface area contributed by atoms with Gasteiger partial charge in [0, 0.05) is 17.3 Å². The summed E-state index contributed by atoms with van der Waals surface area (Å²) in [6, 6.07) is 2.00. The molecule has 0 aromatic carbocycles. The third-order valence-electron chi connectivity index (χ3n) is 5.99. The van der Waals surface area contributed by atoms with Crippen molar-refractivity contribution in [2.45, 2.75) is 63.3 Å².